The fourth-order valence-electron chi connectivity index (χ4n) is 1.04. The lowest BCUT2D eigenvalue weighted by Gasteiger charge is -2.08. The summed E-state index contributed by atoms with van der Waals surface area (Å²) in [5.41, 5.74) is 6.55. The first-order chi connectivity index (χ1) is 6.09. The van der Waals surface area contributed by atoms with Crippen molar-refractivity contribution in [2.24, 2.45) is 5.73 Å². The molecule has 0 unspecified atom stereocenters. The first-order valence-corrected chi connectivity index (χ1v) is 4.90. The van der Waals surface area contributed by atoms with Crippen molar-refractivity contribution in [2.45, 2.75) is 12.5 Å². The largest absolute Gasteiger partial charge is 0.481 e. The van der Waals surface area contributed by atoms with E-state index in [0.717, 1.165) is 9.13 Å². The van der Waals surface area contributed by atoms with Crippen LogP contribution in [0.4, 0.5) is 0 Å². The van der Waals surface area contributed by atoms with E-state index in [1.54, 1.807) is 0 Å². The van der Waals surface area contributed by atoms with E-state index in [2.05, 4.69) is 22.6 Å². The van der Waals surface area contributed by atoms with Gasteiger partial charge in [0, 0.05) is 9.61 Å². The summed E-state index contributed by atoms with van der Waals surface area (Å²) in [6.45, 7) is 0. The SMILES string of the molecule is Cl.N[C@H](CC(=O)O)c1cccc(I)c1. The molecule has 0 spiro atoms. The van der Waals surface area contributed by atoms with E-state index in [1.807, 2.05) is 24.3 Å². The summed E-state index contributed by atoms with van der Waals surface area (Å²) in [4.78, 5) is 10.4. The highest BCUT2D eigenvalue weighted by molar-refractivity contribution is 14.1. The van der Waals surface area contributed by atoms with Crippen molar-refractivity contribution in [3.8, 4) is 0 Å². The van der Waals surface area contributed by atoms with Gasteiger partial charge in [-0.1, -0.05) is 12.1 Å². The van der Waals surface area contributed by atoms with Gasteiger partial charge in [-0.3, -0.25) is 4.79 Å². The molecule has 0 fully saturated rings. The normalized spacial score (nSPS) is 11.6. The molecule has 0 aliphatic rings. The van der Waals surface area contributed by atoms with Crippen LogP contribution in [0.1, 0.15) is 18.0 Å². The fraction of sp³-hybridized carbons (Fsp3) is 0.222. The molecule has 78 valence electrons. The molecule has 5 heteroatoms. The van der Waals surface area contributed by atoms with Crippen molar-refractivity contribution in [1.29, 1.82) is 0 Å². The summed E-state index contributed by atoms with van der Waals surface area (Å²) < 4.78 is 1.07. The average Bonchev–Trinajstić information content (AvgIpc) is 2.03. The molecule has 1 aromatic carbocycles. The molecule has 0 radical (unpaired) electrons. The van der Waals surface area contributed by atoms with Crippen LogP contribution in [0.15, 0.2) is 24.3 Å². The quantitative estimate of drug-likeness (QED) is 0.837. The van der Waals surface area contributed by atoms with Crippen molar-refractivity contribution in [2.75, 3.05) is 0 Å². The Morgan fingerprint density at radius 2 is 2.21 bits per heavy atom. The molecule has 3 N–H and O–H groups in total. The van der Waals surface area contributed by atoms with Gasteiger partial charge in [-0.15, -0.1) is 12.4 Å². The van der Waals surface area contributed by atoms with Gasteiger partial charge in [0.25, 0.3) is 0 Å². The lowest BCUT2D eigenvalue weighted by Crippen LogP contribution is -2.14. The lowest BCUT2D eigenvalue weighted by atomic mass is 10.1. The molecule has 0 amide bonds. The van der Waals surface area contributed by atoms with Crippen LogP contribution in [0.2, 0.25) is 0 Å². The molecule has 1 rings (SSSR count). The number of halogens is 2. The molecule has 0 saturated heterocycles. The van der Waals surface area contributed by atoms with E-state index in [0.29, 0.717) is 0 Å². The highest BCUT2D eigenvalue weighted by atomic mass is 127. The van der Waals surface area contributed by atoms with Gasteiger partial charge >= 0.3 is 5.97 Å². The number of hydrogen-bond donors (Lipinski definition) is 2. The number of carbonyl (C=O) groups is 1. The third-order valence-electron chi connectivity index (χ3n) is 1.67. The second kappa shape index (κ2) is 6.21. The monoisotopic (exact) mass is 327 g/mol. The first-order valence-electron chi connectivity index (χ1n) is 3.82. The standard InChI is InChI=1S/C9H10INO2.ClH/c10-7-3-1-2-6(4-7)8(11)5-9(12)13;/h1-4,8H,5,11H2,(H,12,13);1H/t8-;/m1./s1. The minimum atomic E-state index is -0.869. The molecule has 0 saturated carbocycles. The van der Waals surface area contributed by atoms with Gasteiger partial charge in [0.2, 0.25) is 0 Å². The molecule has 0 aromatic heterocycles. The molecule has 14 heavy (non-hydrogen) atoms. The summed E-state index contributed by atoms with van der Waals surface area (Å²) in [6, 6.07) is 7.15. The van der Waals surface area contributed by atoms with E-state index >= 15 is 0 Å². The van der Waals surface area contributed by atoms with Gasteiger partial charge in [0.1, 0.15) is 0 Å². The van der Waals surface area contributed by atoms with Crippen molar-refractivity contribution in [3.05, 3.63) is 33.4 Å². The molecular weight excluding hydrogens is 316 g/mol. The Hall–Kier alpha value is -0.330. The summed E-state index contributed by atoms with van der Waals surface area (Å²) in [5, 5.41) is 8.53. The Bertz CT molecular complexity index is 319. The van der Waals surface area contributed by atoms with E-state index in [9.17, 15) is 4.79 Å². The number of hydrogen-bond acceptors (Lipinski definition) is 2. The molecule has 0 heterocycles. The molecule has 1 atom stereocenters. The number of rotatable bonds is 3. The summed E-state index contributed by atoms with van der Waals surface area (Å²) in [5.74, 6) is -0.869. The predicted molar refractivity (Wildman–Crippen MR) is 65.6 cm³/mol. The summed E-state index contributed by atoms with van der Waals surface area (Å²) in [6.07, 6.45) is -0.0277. The van der Waals surface area contributed by atoms with Crippen LogP contribution in [-0.4, -0.2) is 11.1 Å². The van der Waals surface area contributed by atoms with Crippen molar-refractivity contribution >= 4 is 41.0 Å². The average molecular weight is 328 g/mol. The second-order valence-corrected chi connectivity index (χ2v) is 4.00. The zero-order chi connectivity index (χ0) is 9.84. The van der Waals surface area contributed by atoms with Gasteiger partial charge in [-0.05, 0) is 40.3 Å². The Labute approximate surface area is 102 Å². The number of nitrogens with two attached hydrogens (primary N) is 1. The minimum Gasteiger partial charge on any atom is -0.481 e. The van der Waals surface area contributed by atoms with E-state index in [-0.39, 0.29) is 18.8 Å². The van der Waals surface area contributed by atoms with Crippen LogP contribution in [0.25, 0.3) is 0 Å². The van der Waals surface area contributed by atoms with Crippen LogP contribution in [-0.2, 0) is 4.79 Å². The zero-order valence-corrected chi connectivity index (χ0v) is 10.3. The second-order valence-electron chi connectivity index (χ2n) is 2.76. The number of carboxylic acids is 1. The van der Waals surface area contributed by atoms with Crippen LogP contribution in [0.5, 0.6) is 0 Å². The Morgan fingerprint density at radius 3 is 2.71 bits per heavy atom. The summed E-state index contributed by atoms with van der Waals surface area (Å²) in [7, 11) is 0. The van der Waals surface area contributed by atoms with Crippen molar-refractivity contribution < 1.29 is 9.90 Å². The van der Waals surface area contributed by atoms with Crippen LogP contribution < -0.4 is 5.73 Å². The smallest absolute Gasteiger partial charge is 0.305 e. The highest BCUT2D eigenvalue weighted by Crippen LogP contribution is 2.16. The van der Waals surface area contributed by atoms with E-state index in [4.69, 9.17) is 10.8 Å². The van der Waals surface area contributed by atoms with Crippen LogP contribution >= 0.6 is 35.0 Å². The molecule has 1 aromatic rings. The number of benzene rings is 1. The van der Waals surface area contributed by atoms with Crippen molar-refractivity contribution in [3.63, 3.8) is 0 Å². The third kappa shape index (κ3) is 4.26. The Kier molecular flexibility index (Phi) is 6.06. The van der Waals surface area contributed by atoms with Crippen LogP contribution in [0.3, 0.4) is 0 Å². The molecule has 0 bridgehead atoms. The maximum Gasteiger partial charge on any atom is 0.305 e. The highest BCUT2D eigenvalue weighted by Gasteiger charge is 2.09. The molecule has 0 aliphatic heterocycles. The molecular formula is C9H11ClINO2. The van der Waals surface area contributed by atoms with Gasteiger partial charge in [-0.2, -0.15) is 0 Å². The Balaban J connectivity index is 0.00000169. The maximum absolute atomic E-state index is 10.4. The Morgan fingerprint density at radius 1 is 1.57 bits per heavy atom. The fourth-order valence-corrected chi connectivity index (χ4v) is 1.61. The van der Waals surface area contributed by atoms with Crippen molar-refractivity contribution in [1.82, 2.24) is 0 Å². The summed E-state index contributed by atoms with van der Waals surface area (Å²) >= 11 is 2.17. The van der Waals surface area contributed by atoms with E-state index in [1.165, 1.54) is 0 Å². The van der Waals surface area contributed by atoms with Crippen LogP contribution in [0, 0.1) is 3.57 Å². The maximum atomic E-state index is 10.4. The molecule has 3 nitrogen and oxygen atoms in total. The van der Waals surface area contributed by atoms with Gasteiger partial charge < -0.3 is 10.8 Å². The molecule has 0 aliphatic carbocycles. The topological polar surface area (TPSA) is 63.3 Å². The zero-order valence-electron chi connectivity index (χ0n) is 7.31. The minimum absolute atomic E-state index is 0. The van der Waals surface area contributed by atoms with E-state index < -0.39 is 12.0 Å². The number of carboxylic acid groups (broad SMARTS) is 1. The lowest BCUT2D eigenvalue weighted by molar-refractivity contribution is -0.137. The predicted octanol–water partition coefficient (Wildman–Crippen LogP) is 2.19. The first kappa shape index (κ1) is 13.7. The number of aliphatic carboxylic acids is 1. The third-order valence-corrected chi connectivity index (χ3v) is 2.34. The van der Waals surface area contributed by atoms with Gasteiger partial charge in [-0.25, -0.2) is 0 Å². The van der Waals surface area contributed by atoms with Gasteiger partial charge in [0.05, 0.1) is 6.42 Å². The van der Waals surface area contributed by atoms with Gasteiger partial charge in [0.15, 0.2) is 0 Å².